The van der Waals surface area contributed by atoms with Gasteiger partial charge in [0.15, 0.2) is 0 Å². The van der Waals surface area contributed by atoms with Crippen LogP contribution in [0.25, 0.3) is 0 Å². The van der Waals surface area contributed by atoms with Gasteiger partial charge in [-0.15, -0.1) is 0 Å². The van der Waals surface area contributed by atoms with E-state index in [2.05, 4.69) is 9.80 Å². The molecule has 0 aromatic carbocycles. The van der Waals surface area contributed by atoms with Gasteiger partial charge in [-0.1, -0.05) is 6.42 Å². The first-order valence-electron chi connectivity index (χ1n) is 8.01. The smallest absolute Gasteiger partial charge is 0.0235 e. The van der Waals surface area contributed by atoms with Gasteiger partial charge < -0.3 is 10.6 Å². The second kappa shape index (κ2) is 5.48. The van der Waals surface area contributed by atoms with Crippen molar-refractivity contribution < 1.29 is 0 Å². The molecule has 2 N–H and O–H groups in total. The molecule has 0 aromatic heterocycles. The van der Waals surface area contributed by atoms with Crippen molar-refractivity contribution in [3.05, 3.63) is 0 Å². The lowest BCUT2D eigenvalue weighted by atomic mass is 9.75. The molecule has 1 unspecified atom stereocenters. The van der Waals surface area contributed by atoms with E-state index in [9.17, 15) is 0 Å². The number of nitrogens with zero attached hydrogens (tertiary/aromatic N) is 2. The molecule has 3 heteroatoms. The van der Waals surface area contributed by atoms with Crippen LogP contribution < -0.4 is 5.73 Å². The Morgan fingerprint density at radius 1 is 1.00 bits per heavy atom. The van der Waals surface area contributed by atoms with E-state index in [0.29, 0.717) is 0 Å². The first-order chi connectivity index (χ1) is 8.75. The molecule has 3 fully saturated rings. The van der Waals surface area contributed by atoms with Crippen molar-refractivity contribution in [2.75, 3.05) is 32.7 Å². The largest absolute Gasteiger partial charge is 0.325 e. The molecule has 3 nitrogen and oxygen atoms in total. The van der Waals surface area contributed by atoms with Crippen molar-refractivity contribution in [3.8, 4) is 0 Å². The summed E-state index contributed by atoms with van der Waals surface area (Å²) in [6, 6.07) is 0.848. The maximum atomic E-state index is 6.32. The van der Waals surface area contributed by atoms with Crippen LogP contribution in [0.15, 0.2) is 0 Å². The van der Waals surface area contributed by atoms with Gasteiger partial charge in [0, 0.05) is 18.1 Å². The van der Waals surface area contributed by atoms with Gasteiger partial charge in [-0.25, -0.2) is 0 Å². The van der Waals surface area contributed by atoms with Crippen LogP contribution in [0, 0.1) is 0 Å². The number of nitrogens with two attached hydrogens (primary N) is 1. The predicted octanol–water partition coefficient (Wildman–Crippen LogP) is 1.82. The van der Waals surface area contributed by atoms with Crippen molar-refractivity contribution >= 4 is 0 Å². The van der Waals surface area contributed by atoms with Crippen molar-refractivity contribution in [1.82, 2.24) is 9.80 Å². The Balaban J connectivity index is 1.40. The molecule has 0 radical (unpaired) electrons. The van der Waals surface area contributed by atoms with E-state index in [1.54, 1.807) is 0 Å². The number of piperidine rings is 1. The van der Waals surface area contributed by atoms with Crippen molar-refractivity contribution in [2.45, 2.75) is 62.9 Å². The Morgan fingerprint density at radius 2 is 1.78 bits per heavy atom. The highest BCUT2D eigenvalue weighted by Crippen LogP contribution is 2.32. The molecule has 2 heterocycles. The van der Waals surface area contributed by atoms with Gasteiger partial charge >= 0.3 is 0 Å². The summed E-state index contributed by atoms with van der Waals surface area (Å²) < 4.78 is 0. The van der Waals surface area contributed by atoms with E-state index in [4.69, 9.17) is 5.73 Å². The van der Waals surface area contributed by atoms with Crippen molar-refractivity contribution in [1.29, 1.82) is 0 Å². The summed E-state index contributed by atoms with van der Waals surface area (Å²) in [7, 11) is 0. The molecular formula is C15H29N3. The van der Waals surface area contributed by atoms with E-state index in [1.165, 1.54) is 84.1 Å². The Labute approximate surface area is 112 Å². The zero-order chi connectivity index (χ0) is 12.4. The van der Waals surface area contributed by atoms with Crippen LogP contribution in [0.3, 0.4) is 0 Å². The average Bonchev–Trinajstić information content (AvgIpc) is 2.84. The number of rotatable bonds is 4. The lowest BCUT2D eigenvalue weighted by Crippen LogP contribution is -2.48. The summed E-state index contributed by atoms with van der Waals surface area (Å²) in [5.41, 5.74) is 6.53. The maximum absolute atomic E-state index is 6.32. The Bertz CT molecular complexity index is 269. The summed E-state index contributed by atoms with van der Waals surface area (Å²) in [6.45, 7) is 6.53. The van der Waals surface area contributed by atoms with Crippen LogP contribution in [0.1, 0.15) is 51.4 Å². The van der Waals surface area contributed by atoms with Gasteiger partial charge in [-0.2, -0.15) is 0 Å². The molecule has 3 rings (SSSR count). The molecule has 0 amide bonds. The second-order valence-electron chi connectivity index (χ2n) is 6.81. The molecule has 0 bridgehead atoms. The molecular weight excluding hydrogens is 222 g/mol. The van der Waals surface area contributed by atoms with Gasteiger partial charge in [0.25, 0.3) is 0 Å². The molecule has 3 aliphatic rings. The minimum Gasteiger partial charge on any atom is -0.325 e. The molecule has 104 valence electrons. The third-order valence-corrected chi connectivity index (χ3v) is 5.43. The highest BCUT2D eigenvalue weighted by molar-refractivity contribution is 4.94. The average molecular weight is 251 g/mol. The van der Waals surface area contributed by atoms with Crippen LogP contribution in [0.2, 0.25) is 0 Å². The van der Waals surface area contributed by atoms with Crippen LogP contribution in [-0.2, 0) is 0 Å². The molecule has 18 heavy (non-hydrogen) atoms. The van der Waals surface area contributed by atoms with Gasteiger partial charge in [-0.05, 0) is 71.1 Å². The minimum absolute atomic E-state index is 0.212. The first-order valence-corrected chi connectivity index (χ1v) is 8.01. The third kappa shape index (κ3) is 2.89. The van der Waals surface area contributed by atoms with Gasteiger partial charge in [0.05, 0.1) is 0 Å². The van der Waals surface area contributed by atoms with Crippen LogP contribution in [-0.4, -0.2) is 54.1 Å². The summed E-state index contributed by atoms with van der Waals surface area (Å²) in [5, 5.41) is 0. The monoisotopic (exact) mass is 251 g/mol. The molecule has 0 spiro atoms. The van der Waals surface area contributed by atoms with E-state index in [1.807, 2.05) is 0 Å². The fourth-order valence-corrected chi connectivity index (χ4v) is 3.86. The summed E-state index contributed by atoms with van der Waals surface area (Å²) >= 11 is 0. The second-order valence-corrected chi connectivity index (χ2v) is 6.81. The quantitative estimate of drug-likeness (QED) is 0.827. The summed E-state index contributed by atoms with van der Waals surface area (Å²) in [4.78, 5) is 5.40. The molecule has 1 atom stereocenters. The van der Waals surface area contributed by atoms with Crippen LogP contribution in [0.5, 0.6) is 0 Å². The fraction of sp³-hybridized carbons (Fsp3) is 1.00. The molecule has 0 aromatic rings. The van der Waals surface area contributed by atoms with E-state index in [-0.39, 0.29) is 5.54 Å². The van der Waals surface area contributed by atoms with Crippen molar-refractivity contribution in [3.63, 3.8) is 0 Å². The van der Waals surface area contributed by atoms with Crippen LogP contribution >= 0.6 is 0 Å². The SMILES string of the molecule is NC1(CCN2CCC(N3CCCCC3)C2)CCC1. The highest BCUT2D eigenvalue weighted by atomic mass is 15.3. The normalized spacial score (nSPS) is 33.5. The van der Waals surface area contributed by atoms with Gasteiger partial charge in [-0.3, -0.25) is 4.90 Å². The van der Waals surface area contributed by atoms with E-state index < -0.39 is 0 Å². The van der Waals surface area contributed by atoms with Gasteiger partial charge in [0.2, 0.25) is 0 Å². The Kier molecular flexibility index (Phi) is 3.92. The Morgan fingerprint density at radius 3 is 2.44 bits per heavy atom. The number of hydrogen-bond donors (Lipinski definition) is 1. The summed E-state index contributed by atoms with van der Waals surface area (Å²) in [6.07, 6.45) is 10.8. The molecule has 2 saturated heterocycles. The van der Waals surface area contributed by atoms with E-state index >= 15 is 0 Å². The molecule has 1 aliphatic carbocycles. The first kappa shape index (κ1) is 12.9. The predicted molar refractivity (Wildman–Crippen MR) is 75.7 cm³/mol. The lowest BCUT2D eigenvalue weighted by molar-refractivity contribution is 0.154. The third-order valence-electron chi connectivity index (χ3n) is 5.43. The Hall–Kier alpha value is -0.120. The standard InChI is InChI=1S/C15H29N3/c16-15(6-4-7-15)8-12-17-11-5-14(13-17)18-9-2-1-3-10-18/h14H,1-13,16H2. The summed E-state index contributed by atoms with van der Waals surface area (Å²) in [5.74, 6) is 0. The topological polar surface area (TPSA) is 32.5 Å². The molecule has 1 saturated carbocycles. The zero-order valence-corrected chi connectivity index (χ0v) is 11.7. The highest BCUT2D eigenvalue weighted by Gasteiger charge is 2.34. The van der Waals surface area contributed by atoms with E-state index in [0.717, 1.165) is 6.04 Å². The maximum Gasteiger partial charge on any atom is 0.0235 e. The lowest BCUT2D eigenvalue weighted by Gasteiger charge is -2.39. The van der Waals surface area contributed by atoms with Gasteiger partial charge in [0.1, 0.15) is 0 Å². The number of hydrogen-bond acceptors (Lipinski definition) is 3. The minimum atomic E-state index is 0.212. The number of likely N-dealkylation sites (tertiary alicyclic amines) is 2. The van der Waals surface area contributed by atoms with Crippen molar-refractivity contribution in [2.24, 2.45) is 5.73 Å². The zero-order valence-electron chi connectivity index (χ0n) is 11.7. The molecule has 2 aliphatic heterocycles. The van der Waals surface area contributed by atoms with Crippen LogP contribution in [0.4, 0.5) is 0 Å². The fourth-order valence-electron chi connectivity index (χ4n) is 3.86.